The lowest BCUT2D eigenvalue weighted by Crippen LogP contribution is -2.42. The minimum Gasteiger partial charge on any atom is -0.481 e. The van der Waals surface area contributed by atoms with Crippen LogP contribution < -0.4 is 0 Å². The van der Waals surface area contributed by atoms with Crippen LogP contribution in [0.25, 0.3) is 0 Å². The summed E-state index contributed by atoms with van der Waals surface area (Å²) < 4.78 is 0. The van der Waals surface area contributed by atoms with Gasteiger partial charge < -0.3 is 10.2 Å². The average molecular weight is 228 g/mol. The molecule has 0 bridgehead atoms. The Kier molecular flexibility index (Phi) is 4.72. The molecule has 16 heavy (non-hydrogen) atoms. The van der Waals surface area contributed by atoms with E-state index in [9.17, 15) is 14.7 Å². The molecule has 0 aromatic rings. The van der Waals surface area contributed by atoms with E-state index < -0.39 is 22.8 Å². The Morgan fingerprint density at radius 1 is 1.12 bits per heavy atom. The Bertz CT molecular complexity index is 298. The first-order valence-corrected chi connectivity index (χ1v) is 5.39. The molecule has 0 saturated carbocycles. The second-order valence-corrected chi connectivity index (χ2v) is 4.49. The summed E-state index contributed by atoms with van der Waals surface area (Å²) >= 11 is 0. The van der Waals surface area contributed by atoms with Crippen molar-refractivity contribution >= 4 is 11.9 Å². The van der Waals surface area contributed by atoms with Crippen molar-refractivity contribution in [3.05, 3.63) is 12.2 Å². The molecule has 0 fully saturated rings. The van der Waals surface area contributed by atoms with Crippen LogP contribution in [0.4, 0.5) is 0 Å². The van der Waals surface area contributed by atoms with E-state index in [-0.39, 0.29) is 0 Å². The topological polar surface area (TPSA) is 74.6 Å². The summed E-state index contributed by atoms with van der Waals surface area (Å²) in [5.74, 6) is -1.93. The van der Waals surface area contributed by atoms with Crippen LogP contribution in [0, 0.1) is 10.8 Å². The molecule has 0 unspecified atom stereocenters. The highest BCUT2D eigenvalue weighted by atomic mass is 16.4. The highest BCUT2D eigenvalue weighted by molar-refractivity contribution is 5.81. The minimum atomic E-state index is -1.06. The van der Waals surface area contributed by atoms with Gasteiger partial charge in [0.2, 0.25) is 0 Å². The van der Waals surface area contributed by atoms with E-state index in [1.165, 1.54) is 6.08 Å². The third-order valence-corrected chi connectivity index (χ3v) is 3.49. The van der Waals surface area contributed by atoms with Gasteiger partial charge in [-0.05, 0) is 18.3 Å². The van der Waals surface area contributed by atoms with Gasteiger partial charge in [0.1, 0.15) is 0 Å². The zero-order chi connectivity index (χ0) is 13.0. The molecular formula is C12H20O4. The number of rotatable bonds is 6. The van der Waals surface area contributed by atoms with Crippen LogP contribution in [0.1, 0.15) is 40.5 Å². The SMILES string of the molecule is CCC(CC)(C(=O)O)C(C)(C)/C=C\C(=O)O. The largest absolute Gasteiger partial charge is 0.481 e. The third kappa shape index (κ3) is 2.62. The van der Waals surface area contributed by atoms with Crippen molar-refractivity contribution < 1.29 is 19.8 Å². The van der Waals surface area contributed by atoms with Crippen LogP contribution in [-0.2, 0) is 9.59 Å². The second kappa shape index (κ2) is 5.14. The second-order valence-electron chi connectivity index (χ2n) is 4.49. The van der Waals surface area contributed by atoms with E-state index in [0.29, 0.717) is 12.8 Å². The van der Waals surface area contributed by atoms with Crippen molar-refractivity contribution in [3.63, 3.8) is 0 Å². The number of hydrogen-bond acceptors (Lipinski definition) is 2. The lowest BCUT2D eigenvalue weighted by Gasteiger charge is -2.40. The van der Waals surface area contributed by atoms with Crippen molar-refractivity contribution in [1.82, 2.24) is 0 Å². The molecule has 0 spiro atoms. The van der Waals surface area contributed by atoms with E-state index >= 15 is 0 Å². The zero-order valence-corrected chi connectivity index (χ0v) is 10.3. The van der Waals surface area contributed by atoms with Crippen LogP contribution >= 0.6 is 0 Å². The molecule has 0 aliphatic rings. The first kappa shape index (κ1) is 14.7. The van der Waals surface area contributed by atoms with E-state index in [1.807, 2.05) is 13.8 Å². The summed E-state index contributed by atoms with van der Waals surface area (Å²) in [6.45, 7) is 7.14. The van der Waals surface area contributed by atoms with Gasteiger partial charge in [0.25, 0.3) is 0 Å². The molecule has 0 aliphatic carbocycles. The van der Waals surface area contributed by atoms with Gasteiger partial charge in [-0.2, -0.15) is 0 Å². The summed E-state index contributed by atoms with van der Waals surface area (Å²) in [6, 6.07) is 0. The number of hydrogen-bond donors (Lipinski definition) is 2. The Morgan fingerprint density at radius 3 is 1.81 bits per heavy atom. The molecule has 2 N–H and O–H groups in total. The van der Waals surface area contributed by atoms with Gasteiger partial charge >= 0.3 is 11.9 Å². The Morgan fingerprint density at radius 2 is 1.56 bits per heavy atom. The van der Waals surface area contributed by atoms with E-state index in [2.05, 4.69) is 0 Å². The van der Waals surface area contributed by atoms with Gasteiger partial charge in [-0.3, -0.25) is 4.79 Å². The molecule has 0 amide bonds. The lowest BCUT2D eigenvalue weighted by atomic mass is 9.62. The van der Waals surface area contributed by atoms with Crippen molar-refractivity contribution in [3.8, 4) is 0 Å². The maximum Gasteiger partial charge on any atom is 0.327 e. The van der Waals surface area contributed by atoms with Crippen molar-refractivity contribution in [2.75, 3.05) is 0 Å². The van der Waals surface area contributed by atoms with Gasteiger partial charge in [-0.1, -0.05) is 33.8 Å². The lowest BCUT2D eigenvalue weighted by molar-refractivity contribution is -0.155. The third-order valence-electron chi connectivity index (χ3n) is 3.49. The van der Waals surface area contributed by atoms with Crippen LogP contribution in [-0.4, -0.2) is 22.2 Å². The van der Waals surface area contributed by atoms with E-state index in [0.717, 1.165) is 6.08 Å². The Labute approximate surface area is 96.0 Å². The zero-order valence-electron chi connectivity index (χ0n) is 10.3. The molecule has 0 saturated heterocycles. The van der Waals surface area contributed by atoms with Gasteiger partial charge in [-0.15, -0.1) is 0 Å². The molecule has 0 heterocycles. The molecule has 0 atom stereocenters. The number of allylic oxidation sites excluding steroid dienone is 1. The fourth-order valence-electron chi connectivity index (χ4n) is 2.18. The van der Waals surface area contributed by atoms with Gasteiger partial charge in [-0.25, -0.2) is 4.79 Å². The Balaban J connectivity index is 5.35. The van der Waals surface area contributed by atoms with Gasteiger partial charge in [0.05, 0.1) is 5.41 Å². The molecule has 0 aromatic heterocycles. The van der Waals surface area contributed by atoms with Gasteiger partial charge in [0, 0.05) is 6.08 Å². The molecular weight excluding hydrogens is 208 g/mol. The first-order chi connectivity index (χ1) is 7.23. The van der Waals surface area contributed by atoms with E-state index in [4.69, 9.17) is 5.11 Å². The minimum absolute atomic E-state index is 0.468. The number of aliphatic carboxylic acids is 2. The quantitative estimate of drug-likeness (QED) is 0.685. The predicted octanol–water partition coefficient (Wildman–Crippen LogP) is 2.54. The van der Waals surface area contributed by atoms with Crippen molar-refractivity contribution in [2.24, 2.45) is 10.8 Å². The number of carboxylic acids is 2. The molecule has 0 radical (unpaired) electrons. The predicted molar refractivity (Wildman–Crippen MR) is 61.2 cm³/mol. The summed E-state index contributed by atoms with van der Waals surface area (Å²) in [7, 11) is 0. The first-order valence-electron chi connectivity index (χ1n) is 5.39. The molecule has 0 rings (SSSR count). The standard InChI is InChI=1S/C12H20O4/c1-5-12(6-2,10(15)16)11(3,4)8-7-9(13)14/h7-8H,5-6H2,1-4H3,(H,13,14)(H,15,16)/b8-7-. The summed E-state index contributed by atoms with van der Waals surface area (Å²) in [4.78, 5) is 21.9. The smallest absolute Gasteiger partial charge is 0.327 e. The highest BCUT2D eigenvalue weighted by Crippen LogP contribution is 2.46. The van der Waals surface area contributed by atoms with Crippen LogP contribution in [0.15, 0.2) is 12.2 Å². The summed E-state index contributed by atoms with van der Waals surface area (Å²) in [5, 5.41) is 17.9. The summed E-state index contributed by atoms with van der Waals surface area (Å²) in [5.41, 5.74) is -1.61. The van der Waals surface area contributed by atoms with E-state index in [1.54, 1.807) is 13.8 Å². The van der Waals surface area contributed by atoms with Crippen LogP contribution in [0.5, 0.6) is 0 Å². The fourth-order valence-corrected chi connectivity index (χ4v) is 2.18. The Hall–Kier alpha value is -1.32. The maximum atomic E-state index is 11.4. The number of carbonyl (C=O) groups is 2. The maximum absolute atomic E-state index is 11.4. The molecule has 0 aliphatic heterocycles. The molecule has 4 nitrogen and oxygen atoms in total. The molecule has 92 valence electrons. The van der Waals surface area contributed by atoms with Crippen LogP contribution in [0.2, 0.25) is 0 Å². The van der Waals surface area contributed by atoms with Crippen molar-refractivity contribution in [2.45, 2.75) is 40.5 Å². The monoisotopic (exact) mass is 228 g/mol. The number of carboxylic acid groups (broad SMARTS) is 2. The molecule has 4 heteroatoms. The normalized spacial score (nSPS) is 13.0. The summed E-state index contributed by atoms with van der Waals surface area (Å²) in [6.07, 6.45) is 3.42. The highest BCUT2D eigenvalue weighted by Gasteiger charge is 2.47. The van der Waals surface area contributed by atoms with Crippen LogP contribution in [0.3, 0.4) is 0 Å². The fraction of sp³-hybridized carbons (Fsp3) is 0.667. The van der Waals surface area contributed by atoms with Gasteiger partial charge in [0.15, 0.2) is 0 Å². The van der Waals surface area contributed by atoms with Crippen molar-refractivity contribution in [1.29, 1.82) is 0 Å². The average Bonchev–Trinajstić information content (AvgIpc) is 2.16. The molecule has 0 aromatic carbocycles.